The Balaban J connectivity index is 2.27. The molecule has 1 amide bonds. The molecule has 5 heteroatoms. The van der Waals surface area contributed by atoms with Crippen LogP contribution in [0.25, 0.3) is 0 Å². The molecule has 1 unspecified atom stereocenters. The Morgan fingerprint density at radius 1 is 1.29 bits per heavy atom. The number of rotatable bonds is 4. The van der Waals surface area contributed by atoms with Gasteiger partial charge in [-0.15, -0.1) is 11.3 Å². The van der Waals surface area contributed by atoms with E-state index in [1.165, 1.54) is 4.88 Å². The SMILES string of the molecule is Cc1nc(C(C)Nc2ccccc2C(=O)N(C)C)c(C)s1. The molecule has 0 radical (unpaired) electrons. The smallest absolute Gasteiger partial charge is 0.255 e. The van der Waals surface area contributed by atoms with Gasteiger partial charge >= 0.3 is 0 Å². The summed E-state index contributed by atoms with van der Waals surface area (Å²) in [5.41, 5.74) is 2.57. The predicted octanol–water partition coefficient (Wildman–Crippen LogP) is 3.63. The second-order valence-electron chi connectivity index (χ2n) is 5.29. The number of nitrogens with one attached hydrogen (secondary N) is 1. The topological polar surface area (TPSA) is 45.2 Å². The highest BCUT2D eigenvalue weighted by Crippen LogP contribution is 2.27. The van der Waals surface area contributed by atoms with Crippen LogP contribution in [0, 0.1) is 13.8 Å². The van der Waals surface area contributed by atoms with Gasteiger partial charge in [-0.2, -0.15) is 0 Å². The minimum Gasteiger partial charge on any atom is -0.376 e. The molecule has 0 bridgehead atoms. The lowest BCUT2D eigenvalue weighted by Crippen LogP contribution is -2.23. The Kier molecular flexibility index (Phi) is 4.63. The molecule has 2 rings (SSSR count). The van der Waals surface area contributed by atoms with Gasteiger partial charge in [-0.05, 0) is 32.9 Å². The Hall–Kier alpha value is -1.88. The minimum atomic E-state index is -0.00326. The van der Waals surface area contributed by atoms with Crippen LogP contribution in [0.2, 0.25) is 0 Å². The zero-order valence-electron chi connectivity index (χ0n) is 13.1. The van der Waals surface area contributed by atoms with Gasteiger partial charge in [0.25, 0.3) is 5.91 Å². The van der Waals surface area contributed by atoms with E-state index >= 15 is 0 Å². The molecule has 0 fully saturated rings. The van der Waals surface area contributed by atoms with E-state index < -0.39 is 0 Å². The van der Waals surface area contributed by atoms with Crippen LogP contribution in [-0.2, 0) is 0 Å². The maximum Gasteiger partial charge on any atom is 0.255 e. The maximum atomic E-state index is 12.2. The second kappa shape index (κ2) is 6.26. The molecule has 1 aromatic heterocycles. The second-order valence-corrected chi connectivity index (χ2v) is 6.69. The molecule has 4 nitrogen and oxygen atoms in total. The van der Waals surface area contributed by atoms with E-state index in [1.54, 1.807) is 30.3 Å². The number of thiazole rings is 1. The molecule has 1 aromatic carbocycles. The first-order valence-electron chi connectivity index (χ1n) is 6.91. The van der Waals surface area contributed by atoms with Crippen LogP contribution < -0.4 is 5.32 Å². The molecule has 1 atom stereocenters. The van der Waals surface area contributed by atoms with E-state index in [9.17, 15) is 4.79 Å². The summed E-state index contributed by atoms with van der Waals surface area (Å²) in [6.07, 6.45) is 0. The Bertz CT molecular complexity index is 649. The standard InChI is InChI=1S/C16H21N3OS/c1-10(15-11(2)21-12(3)18-15)17-14-9-7-6-8-13(14)16(20)19(4)5/h6-10,17H,1-5H3. The average molecular weight is 303 g/mol. The van der Waals surface area contributed by atoms with Crippen molar-refractivity contribution in [1.82, 2.24) is 9.88 Å². The predicted molar refractivity (Wildman–Crippen MR) is 88.1 cm³/mol. The number of para-hydroxylation sites is 1. The monoisotopic (exact) mass is 303 g/mol. The number of hydrogen-bond acceptors (Lipinski definition) is 4. The first kappa shape index (κ1) is 15.5. The summed E-state index contributed by atoms with van der Waals surface area (Å²) >= 11 is 1.70. The van der Waals surface area contributed by atoms with Crippen LogP contribution >= 0.6 is 11.3 Å². The molecule has 0 saturated heterocycles. The zero-order valence-corrected chi connectivity index (χ0v) is 13.9. The molecule has 0 spiro atoms. The fourth-order valence-corrected chi connectivity index (χ4v) is 3.20. The molecular formula is C16H21N3OS. The van der Waals surface area contributed by atoms with Crippen LogP contribution in [-0.4, -0.2) is 29.9 Å². The molecule has 0 aliphatic rings. The fraction of sp³-hybridized carbons (Fsp3) is 0.375. The molecule has 21 heavy (non-hydrogen) atoms. The molecule has 0 aliphatic heterocycles. The van der Waals surface area contributed by atoms with E-state index in [0.717, 1.165) is 16.4 Å². The molecule has 112 valence electrons. The Morgan fingerprint density at radius 2 is 1.95 bits per heavy atom. The van der Waals surface area contributed by atoms with Gasteiger partial charge in [0.05, 0.1) is 22.3 Å². The van der Waals surface area contributed by atoms with E-state index in [0.29, 0.717) is 5.56 Å². The lowest BCUT2D eigenvalue weighted by atomic mass is 10.1. The summed E-state index contributed by atoms with van der Waals surface area (Å²) < 4.78 is 0. The van der Waals surface area contributed by atoms with Crippen molar-refractivity contribution in [2.24, 2.45) is 0 Å². The van der Waals surface area contributed by atoms with E-state index in [2.05, 4.69) is 24.1 Å². The third kappa shape index (κ3) is 3.42. The number of benzene rings is 1. The zero-order chi connectivity index (χ0) is 15.6. The fourth-order valence-electron chi connectivity index (χ4n) is 2.28. The highest BCUT2D eigenvalue weighted by molar-refractivity contribution is 7.11. The molecular weight excluding hydrogens is 282 g/mol. The largest absolute Gasteiger partial charge is 0.376 e. The number of aromatic nitrogens is 1. The van der Waals surface area contributed by atoms with E-state index in [1.807, 2.05) is 31.2 Å². The molecule has 0 saturated carbocycles. The maximum absolute atomic E-state index is 12.2. The lowest BCUT2D eigenvalue weighted by Gasteiger charge is -2.19. The van der Waals surface area contributed by atoms with Crippen molar-refractivity contribution in [2.75, 3.05) is 19.4 Å². The van der Waals surface area contributed by atoms with Crippen LogP contribution in [0.5, 0.6) is 0 Å². The number of carbonyl (C=O) groups excluding carboxylic acids is 1. The quantitative estimate of drug-likeness (QED) is 0.938. The summed E-state index contributed by atoms with van der Waals surface area (Å²) in [5.74, 6) is -0.00326. The number of carbonyl (C=O) groups is 1. The minimum absolute atomic E-state index is 0.00326. The third-order valence-electron chi connectivity index (χ3n) is 3.29. The first-order valence-corrected chi connectivity index (χ1v) is 7.73. The van der Waals surface area contributed by atoms with Gasteiger partial charge in [0.2, 0.25) is 0 Å². The third-order valence-corrected chi connectivity index (χ3v) is 4.19. The van der Waals surface area contributed by atoms with Crippen molar-refractivity contribution in [3.05, 3.63) is 45.4 Å². The van der Waals surface area contributed by atoms with Crippen LogP contribution in [0.15, 0.2) is 24.3 Å². The van der Waals surface area contributed by atoms with Crippen molar-refractivity contribution in [3.8, 4) is 0 Å². The van der Waals surface area contributed by atoms with Gasteiger partial charge in [-0.1, -0.05) is 12.1 Å². The summed E-state index contributed by atoms with van der Waals surface area (Å²) in [6.45, 7) is 6.16. The number of nitrogens with zero attached hydrogens (tertiary/aromatic N) is 2. The van der Waals surface area contributed by atoms with Crippen molar-refractivity contribution in [2.45, 2.75) is 26.8 Å². The van der Waals surface area contributed by atoms with Gasteiger partial charge in [-0.3, -0.25) is 4.79 Å². The number of anilines is 1. The summed E-state index contributed by atoms with van der Waals surface area (Å²) in [5, 5.41) is 4.48. The molecule has 1 heterocycles. The number of aryl methyl sites for hydroxylation is 2. The highest BCUT2D eigenvalue weighted by atomic mass is 32.1. The van der Waals surface area contributed by atoms with Crippen LogP contribution in [0.4, 0.5) is 5.69 Å². The normalized spacial score (nSPS) is 12.0. The molecule has 0 aliphatic carbocycles. The van der Waals surface area contributed by atoms with Gasteiger partial charge in [-0.25, -0.2) is 4.98 Å². The lowest BCUT2D eigenvalue weighted by molar-refractivity contribution is 0.0828. The van der Waals surface area contributed by atoms with Crippen LogP contribution in [0.3, 0.4) is 0 Å². The van der Waals surface area contributed by atoms with Gasteiger partial charge in [0.15, 0.2) is 0 Å². The molecule has 2 aromatic rings. The Morgan fingerprint density at radius 3 is 2.52 bits per heavy atom. The van der Waals surface area contributed by atoms with Crippen molar-refractivity contribution >= 4 is 22.9 Å². The van der Waals surface area contributed by atoms with Crippen molar-refractivity contribution < 1.29 is 4.79 Å². The van der Waals surface area contributed by atoms with Gasteiger partial charge in [0, 0.05) is 24.7 Å². The number of hydrogen-bond donors (Lipinski definition) is 1. The summed E-state index contributed by atoms with van der Waals surface area (Å²) in [7, 11) is 3.52. The molecule has 1 N–H and O–H groups in total. The van der Waals surface area contributed by atoms with Crippen molar-refractivity contribution in [3.63, 3.8) is 0 Å². The first-order chi connectivity index (χ1) is 9.90. The van der Waals surface area contributed by atoms with Gasteiger partial charge in [0.1, 0.15) is 0 Å². The number of amides is 1. The van der Waals surface area contributed by atoms with E-state index in [-0.39, 0.29) is 11.9 Å². The van der Waals surface area contributed by atoms with E-state index in [4.69, 9.17) is 0 Å². The van der Waals surface area contributed by atoms with Crippen molar-refractivity contribution in [1.29, 1.82) is 0 Å². The average Bonchev–Trinajstić information content (AvgIpc) is 2.77. The highest BCUT2D eigenvalue weighted by Gasteiger charge is 2.17. The summed E-state index contributed by atoms with van der Waals surface area (Å²) in [4.78, 5) is 19.6. The van der Waals surface area contributed by atoms with Crippen LogP contribution in [0.1, 0.15) is 38.9 Å². The summed E-state index contributed by atoms with van der Waals surface area (Å²) in [6, 6.07) is 7.65. The van der Waals surface area contributed by atoms with Gasteiger partial charge < -0.3 is 10.2 Å². The Labute approximate surface area is 129 Å².